The van der Waals surface area contributed by atoms with Gasteiger partial charge in [-0.2, -0.15) is 0 Å². The Labute approximate surface area is 147 Å². The molecule has 0 radical (unpaired) electrons. The largest absolute Gasteiger partial charge is 0.384 e. The maximum Gasteiger partial charge on any atom is 0.223 e. The first-order valence-electron chi connectivity index (χ1n) is 9.06. The molecule has 1 saturated carbocycles. The smallest absolute Gasteiger partial charge is 0.223 e. The van der Waals surface area contributed by atoms with E-state index in [9.17, 15) is 4.79 Å². The van der Waals surface area contributed by atoms with Gasteiger partial charge in [-0.15, -0.1) is 5.10 Å². The zero-order valence-electron chi connectivity index (χ0n) is 14.6. The molecule has 2 aromatic rings. The molecule has 0 saturated heterocycles. The van der Waals surface area contributed by atoms with Crippen LogP contribution in [0.1, 0.15) is 42.3 Å². The van der Waals surface area contributed by atoms with E-state index in [1.54, 1.807) is 7.11 Å². The summed E-state index contributed by atoms with van der Waals surface area (Å²) in [7, 11) is 1.71. The van der Waals surface area contributed by atoms with Gasteiger partial charge in [0.1, 0.15) is 5.69 Å². The van der Waals surface area contributed by atoms with E-state index in [4.69, 9.17) is 4.74 Å². The van der Waals surface area contributed by atoms with Gasteiger partial charge in [0.15, 0.2) is 0 Å². The lowest BCUT2D eigenvalue weighted by molar-refractivity contribution is -0.132. The molecule has 2 aliphatic rings. The molecule has 25 heavy (non-hydrogen) atoms. The van der Waals surface area contributed by atoms with Gasteiger partial charge < -0.3 is 14.6 Å². The number of aromatic nitrogens is 4. The molecular weight excluding hydrogens is 318 g/mol. The van der Waals surface area contributed by atoms with Crippen LogP contribution in [0.3, 0.4) is 0 Å². The Bertz CT molecular complexity index is 720. The first-order valence-corrected chi connectivity index (χ1v) is 9.06. The van der Waals surface area contributed by atoms with Gasteiger partial charge >= 0.3 is 0 Å². The fourth-order valence-electron chi connectivity index (χ4n) is 3.64. The monoisotopic (exact) mass is 343 g/mol. The maximum absolute atomic E-state index is 12.7. The van der Waals surface area contributed by atoms with Crippen molar-refractivity contribution < 1.29 is 9.53 Å². The molecule has 7 nitrogen and oxygen atoms in total. The number of aromatic amines is 1. The molecule has 1 unspecified atom stereocenters. The Morgan fingerprint density at radius 3 is 3.04 bits per heavy atom. The number of H-pyrrole nitrogens is 1. The van der Waals surface area contributed by atoms with Crippen molar-refractivity contribution >= 4 is 5.91 Å². The third kappa shape index (κ3) is 3.61. The zero-order chi connectivity index (χ0) is 17.2. The average Bonchev–Trinajstić information content (AvgIpc) is 3.10. The summed E-state index contributed by atoms with van der Waals surface area (Å²) >= 11 is 0. The molecule has 2 aromatic heterocycles. The molecule has 1 N–H and O–H groups in total. The minimum atomic E-state index is 0.150. The first kappa shape index (κ1) is 16.3. The number of carbonyl (C=O) groups excluding carboxylic acids is 1. The SMILES string of the molecule is COCC1CN(C(=O)CCc2ccc[nH]2)Cc2nnn(CC3CC3)c21. The predicted molar refractivity (Wildman–Crippen MR) is 91.9 cm³/mol. The minimum absolute atomic E-state index is 0.150. The number of carbonyl (C=O) groups is 1. The third-order valence-corrected chi connectivity index (χ3v) is 5.13. The lowest BCUT2D eigenvalue weighted by Gasteiger charge is -2.32. The minimum Gasteiger partial charge on any atom is -0.384 e. The van der Waals surface area contributed by atoms with Crippen molar-refractivity contribution in [1.82, 2.24) is 24.9 Å². The van der Waals surface area contributed by atoms with Crippen molar-refractivity contribution in [2.45, 2.75) is 44.7 Å². The van der Waals surface area contributed by atoms with Gasteiger partial charge in [0.25, 0.3) is 0 Å². The van der Waals surface area contributed by atoms with Crippen LogP contribution in [0.2, 0.25) is 0 Å². The van der Waals surface area contributed by atoms with Gasteiger partial charge in [0, 0.05) is 44.4 Å². The topological polar surface area (TPSA) is 76.0 Å². The first-order chi connectivity index (χ1) is 12.2. The van der Waals surface area contributed by atoms with Crippen LogP contribution in [0, 0.1) is 5.92 Å². The standard InChI is InChI=1S/C18H25N5O2/c1-25-12-14-10-22(17(24)7-6-15-3-2-8-19-15)11-16-18(14)23(21-20-16)9-13-4-5-13/h2-3,8,13-14,19H,4-7,9-12H2,1H3. The molecule has 7 heteroatoms. The lowest BCUT2D eigenvalue weighted by atomic mass is 9.98. The summed E-state index contributed by atoms with van der Waals surface area (Å²) in [6.45, 7) is 2.78. The Morgan fingerprint density at radius 2 is 2.32 bits per heavy atom. The van der Waals surface area contributed by atoms with E-state index in [-0.39, 0.29) is 11.8 Å². The third-order valence-electron chi connectivity index (χ3n) is 5.13. The highest BCUT2D eigenvalue weighted by molar-refractivity contribution is 5.76. The van der Waals surface area contributed by atoms with E-state index in [0.29, 0.717) is 26.1 Å². The van der Waals surface area contributed by atoms with Gasteiger partial charge in [-0.05, 0) is 37.3 Å². The van der Waals surface area contributed by atoms with Crippen LogP contribution in [0.15, 0.2) is 18.3 Å². The fourth-order valence-corrected chi connectivity index (χ4v) is 3.64. The van der Waals surface area contributed by atoms with E-state index in [0.717, 1.165) is 30.3 Å². The Morgan fingerprint density at radius 1 is 1.44 bits per heavy atom. The van der Waals surface area contributed by atoms with E-state index in [1.165, 1.54) is 18.5 Å². The van der Waals surface area contributed by atoms with Crippen LogP contribution in [-0.2, 0) is 29.0 Å². The highest BCUT2D eigenvalue weighted by atomic mass is 16.5. The summed E-state index contributed by atoms with van der Waals surface area (Å²) in [6.07, 6.45) is 5.70. The second-order valence-electron chi connectivity index (χ2n) is 7.17. The highest BCUT2D eigenvalue weighted by Gasteiger charge is 2.34. The number of ether oxygens (including phenoxy) is 1. The molecular formula is C18H25N5O2. The summed E-state index contributed by atoms with van der Waals surface area (Å²) < 4.78 is 7.47. The van der Waals surface area contributed by atoms with E-state index < -0.39 is 0 Å². The normalized spacial score (nSPS) is 19.9. The fraction of sp³-hybridized carbons (Fsp3) is 0.611. The molecule has 1 aliphatic carbocycles. The van der Waals surface area contributed by atoms with Gasteiger partial charge in [-0.25, -0.2) is 4.68 Å². The molecule has 4 rings (SSSR count). The molecule has 1 amide bonds. The number of hydrogen-bond acceptors (Lipinski definition) is 4. The van der Waals surface area contributed by atoms with Crippen molar-refractivity contribution in [2.75, 3.05) is 20.3 Å². The van der Waals surface area contributed by atoms with E-state index in [2.05, 4.69) is 20.0 Å². The van der Waals surface area contributed by atoms with Crippen LogP contribution < -0.4 is 0 Å². The average molecular weight is 343 g/mol. The number of methoxy groups -OCH3 is 1. The van der Waals surface area contributed by atoms with Crippen LogP contribution in [0.4, 0.5) is 0 Å². The van der Waals surface area contributed by atoms with Crippen molar-refractivity contribution in [3.63, 3.8) is 0 Å². The van der Waals surface area contributed by atoms with Crippen LogP contribution in [-0.4, -0.2) is 51.0 Å². The maximum atomic E-state index is 12.7. The number of fused-ring (bicyclic) bond motifs is 1. The second kappa shape index (κ2) is 7.00. The molecule has 0 spiro atoms. The van der Waals surface area contributed by atoms with Gasteiger partial charge in [-0.3, -0.25) is 4.79 Å². The van der Waals surface area contributed by atoms with Gasteiger partial charge in [-0.1, -0.05) is 5.21 Å². The summed E-state index contributed by atoms with van der Waals surface area (Å²) in [4.78, 5) is 17.7. The Kier molecular flexibility index (Phi) is 4.57. The zero-order valence-corrected chi connectivity index (χ0v) is 14.6. The molecule has 3 heterocycles. The van der Waals surface area contributed by atoms with Gasteiger partial charge in [0.05, 0.1) is 18.8 Å². The molecule has 1 fully saturated rings. The van der Waals surface area contributed by atoms with Crippen LogP contribution in [0.25, 0.3) is 0 Å². The van der Waals surface area contributed by atoms with E-state index in [1.807, 2.05) is 23.2 Å². The van der Waals surface area contributed by atoms with E-state index >= 15 is 0 Å². The summed E-state index contributed by atoms with van der Waals surface area (Å²) in [5, 5.41) is 8.73. The molecule has 0 bridgehead atoms. The predicted octanol–water partition coefficient (Wildman–Crippen LogP) is 1.72. The van der Waals surface area contributed by atoms with Crippen molar-refractivity contribution in [1.29, 1.82) is 0 Å². The number of rotatable bonds is 7. The van der Waals surface area contributed by atoms with Gasteiger partial charge in [0.2, 0.25) is 5.91 Å². The van der Waals surface area contributed by atoms with Crippen molar-refractivity contribution in [3.05, 3.63) is 35.4 Å². The molecule has 1 atom stereocenters. The van der Waals surface area contributed by atoms with Crippen molar-refractivity contribution in [2.24, 2.45) is 5.92 Å². The second-order valence-corrected chi connectivity index (χ2v) is 7.17. The summed E-state index contributed by atoms with van der Waals surface area (Å²) in [5.74, 6) is 1.06. The Balaban J connectivity index is 1.46. The molecule has 134 valence electrons. The lowest BCUT2D eigenvalue weighted by Crippen LogP contribution is -2.40. The number of nitrogens with zero attached hydrogens (tertiary/aromatic N) is 4. The Hall–Kier alpha value is -2.15. The van der Waals surface area contributed by atoms with Crippen LogP contribution >= 0.6 is 0 Å². The number of nitrogens with one attached hydrogen (secondary N) is 1. The number of aryl methyl sites for hydroxylation is 1. The summed E-state index contributed by atoms with van der Waals surface area (Å²) in [5.41, 5.74) is 3.19. The van der Waals surface area contributed by atoms with Crippen LogP contribution in [0.5, 0.6) is 0 Å². The number of amides is 1. The highest BCUT2D eigenvalue weighted by Crippen LogP contribution is 2.33. The number of hydrogen-bond donors (Lipinski definition) is 1. The molecule has 1 aliphatic heterocycles. The van der Waals surface area contributed by atoms with Crippen molar-refractivity contribution in [3.8, 4) is 0 Å². The molecule has 0 aromatic carbocycles. The quantitative estimate of drug-likeness (QED) is 0.830. The summed E-state index contributed by atoms with van der Waals surface area (Å²) in [6, 6.07) is 3.97.